The first kappa shape index (κ1) is 23.1. The molecule has 0 saturated carbocycles. The van der Waals surface area contributed by atoms with Crippen LogP contribution in [0.5, 0.6) is 0 Å². The predicted octanol–water partition coefficient (Wildman–Crippen LogP) is 1.75. The molecule has 0 radical (unpaired) electrons. The Hall–Kier alpha value is -0.940. The number of rotatable bonds is 8. The van der Waals surface area contributed by atoms with Crippen molar-refractivity contribution in [3.63, 3.8) is 0 Å². The van der Waals surface area contributed by atoms with E-state index in [0.717, 1.165) is 5.56 Å². The second-order valence-corrected chi connectivity index (χ2v) is 7.10. The van der Waals surface area contributed by atoms with Crippen LogP contribution in [-0.2, 0) is 16.6 Å². The number of benzene rings is 1. The fourth-order valence-electron chi connectivity index (χ4n) is 1.74. The lowest BCUT2D eigenvalue weighted by Gasteiger charge is -2.12. The van der Waals surface area contributed by atoms with E-state index >= 15 is 0 Å². The summed E-state index contributed by atoms with van der Waals surface area (Å²) in [6.45, 7) is 6.94. The van der Waals surface area contributed by atoms with E-state index in [2.05, 4.69) is 20.3 Å². The van der Waals surface area contributed by atoms with Crippen molar-refractivity contribution < 1.29 is 12.8 Å². The molecule has 0 unspecified atom stereocenters. The monoisotopic (exact) mass is 472 g/mol. The second kappa shape index (κ2) is 11.6. The molecule has 0 heterocycles. The zero-order chi connectivity index (χ0) is 17.3. The quantitative estimate of drug-likeness (QED) is 0.233. The average molecular weight is 472 g/mol. The Balaban J connectivity index is 0.00000529. The van der Waals surface area contributed by atoms with E-state index in [9.17, 15) is 12.8 Å². The molecule has 0 aliphatic carbocycles. The highest BCUT2D eigenvalue weighted by atomic mass is 127. The minimum atomic E-state index is -3.19. The van der Waals surface area contributed by atoms with Gasteiger partial charge in [0, 0.05) is 19.6 Å². The van der Waals surface area contributed by atoms with Crippen LogP contribution in [0.4, 0.5) is 4.39 Å². The number of hydrogen-bond acceptors (Lipinski definition) is 3. The Bertz CT molecular complexity index is 638. The molecule has 1 aromatic rings. The van der Waals surface area contributed by atoms with Crippen molar-refractivity contribution in [2.45, 2.75) is 27.3 Å². The number of sulfonamides is 1. The van der Waals surface area contributed by atoms with E-state index in [0.29, 0.717) is 31.2 Å². The van der Waals surface area contributed by atoms with Crippen LogP contribution in [-0.4, -0.2) is 39.8 Å². The van der Waals surface area contributed by atoms with Crippen LogP contribution in [0.25, 0.3) is 0 Å². The molecule has 0 spiro atoms. The maximum atomic E-state index is 13.5. The van der Waals surface area contributed by atoms with E-state index in [4.69, 9.17) is 0 Å². The highest BCUT2D eigenvalue weighted by Gasteiger charge is 2.05. The van der Waals surface area contributed by atoms with Gasteiger partial charge in [-0.05, 0) is 38.0 Å². The number of nitrogens with one attached hydrogen (secondary N) is 3. The SMILES string of the molecule is CCNC(=NCc1ccc(C)c(F)c1)NCCNS(=O)(=O)CC.I. The largest absolute Gasteiger partial charge is 0.357 e. The van der Waals surface area contributed by atoms with Gasteiger partial charge in [0.1, 0.15) is 5.82 Å². The van der Waals surface area contributed by atoms with Gasteiger partial charge in [-0.2, -0.15) is 0 Å². The Labute approximate surface area is 160 Å². The minimum Gasteiger partial charge on any atom is -0.357 e. The molecule has 0 bridgehead atoms. The molecule has 0 atom stereocenters. The average Bonchev–Trinajstić information content (AvgIpc) is 2.52. The van der Waals surface area contributed by atoms with Crippen molar-refractivity contribution in [1.82, 2.24) is 15.4 Å². The molecule has 0 aromatic heterocycles. The Morgan fingerprint density at radius 1 is 1.21 bits per heavy atom. The zero-order valence-electron chi connectivity index (χ0n) is 14.2. The van der Waals surface area contributed by atoms with Gasteiger partial charge in [0.25, 0.3) is 0 Å². The summed E-state index contributed by atoms with van der Waals surface area (Å²) in [4.78, 5) is 4.36. The summed E-state index contributed by atoms with van der Waals surface area (Å²) >= 11 is 0. The molecule has 6 nitrogen and oxygen atoms in total. The van der Waals surface area contributed by atoms with Crippen molar-refractivity contribution in [2.75, 3.05) is 25.4 Å². The third-order valence-corrected chi connectivity index (χ3v) is 4.52. The number of hydrogen-bond donors (Lipinski definition) is 3. The molecule has 0 aliphatic rings. The molecule has 3 N–H and O–H groups in total. The fourth-order valence-corrected chi connectivity index (χ4v) is 2.35. The molecule has 0 fully saturated rings. The molecular weight excluding hydrogens is 446 g/mol. The highest BCUT2D eigenvalue weighted by Crippen LogP contribution is 2.09. The standard InChI is InChI=1S/C15H25FN4O2S.HI/c1-4-17-15(18-8-9-20-23(21,22)5-2)19-11-13-7-6-12(3)14(16)10-13;/h6-7,10,20H,4-5,8-9,11H2,1-3H3,(H2,17,18,19);1H. The Kier molecular flexibility index (Phi) is 11.1. The lowest BCUT2D eigenvalue weighted by Crippen LogP contribution is -2.41. The van der Waals surface area contributed by atoms with Crippen molar-refractivity contribution in [1.29, 1.82) is 0 Å². The summed E-state index contributed by atoms with van der Waals surface area (Å²) in [5, 5.41) is 6.09. The summed E-state index contributed by atoms with van der Waals surface area (Å²) < 4.78 is 38.6. The number of aliphatic imine (C=N–C) groups is 1. The van der Waals surface area contributed by atoms with Gasteiger partial charge >= 0.3 is 0 Å². The first-order valence-corrected chi connectivity index (χ1v) is 9.27. The molecule has 1 aromatic carbocycles. The van der Waals surface area contributed by atoms with Gasteiger partial charge in [-0.25, -0.2) is 22.5 Å². The topological polar surface area (TPSA) is 82.6 Å². The van der Waals surface area contributed by atoms with Crippen molar-refractivity contribution >= 4 is 40.0 Å². The summed E-state index contributed by atoms with van der Waals surface area (Å²) in [5.41, 5.74) is 1.38. The first-order chi connectivity index (χ1) is 10.9. The molecule has 24 heavy (non-hydrogen) atoms. The molecule has 1 rings (SSSR count). The lowest BCUT2D eigenvalue weighted by atomic mass is 10.1. The summed E-state index contributed by atoms with van der Waals surface area (Å²) in [5.74, 6) is 0.369. The fraction of sp³-hybridized carbons (Fsp3) is 0.533. The van der Waals surface area contributed by atoms with E-state index < -0.39 is 10.0 Å². The van der Waals surface area contributed by atoms with Crippen molar-refractivity contribution in [2.24, 2.45) is 4.99 Å². The van der Waals surface area contributed by atoms with Gasteiger partial charge in [0.15, 0.2) is 5.96 Å². The van der Waals surface area contributed by atoms with Crippen molar-refractivity contribution in [3.8, 4) is 0 Å². The maximum Gasteiger partial charge on any atom is 0.211 e. The van der Waals surface area contributed by atoms with E-state index in [1.165, 1.54) is 6.07 Å². The molecule has 0 saturated heterocycles. The number of aryl methyl sites for hydroxylation is 1. The lowest BCUT2D eigenvalue weighted by molar-refractivity contribution is 0.582. The molecule has 0 aliphatic heterocycles. The summed E-state index contributed by atoms with van der Waals surface area (Å²) in [7, 11) is -3.19. The van der Waals surface area contributed by atoms with E-state index in [-0.39, 0.29) is 42.1 Å². The number of nitrogens with zero attached hydrogens (tertiary/aromatic N) is 1. The van der Waals surface area contributed by atoms with Crippen LogP contribution in [0.1, 0.15) is 25.0 Å². The van der Waals surface area contributed by atoms with Crippen LogP contribution in [0.3, 0.4) is 0 Å². The van der Waals surface area contributed by atoms with E-state index in [1.54, 1.807) is 19.9 Å². The summed E-state index contributed by atoms with van der Waals surface area (Å²) in [6.07, 6.45) is 0. The third-order valence-electron chi connectivity index (χ3n) is 3.12. The molecule has 0 amide bonds. The summed E-state index contributed by atoms with van der Waals surface area (Å²) in [6, 6.07) is 5.03. The zero-order valence-corrected chi connectivity index (χ0v) is 17.4. The van der Waals surface area contributed by atoms with Crippen molar-refractivity contribution in [3.05, 3.63) is 35.1 Å². The van der Waals surface area contributed by atoms with Crippen LogP contribution in [0.15, 0.2) is 23.2 Å². The third kappa shape index (κ3) is 8.78. The molecular formula is C15H26FIN4O2S. The minimum absolute atomic E-state index is 0. The van der Waals surface area contributed by atoms with Gasteiger partial charge in [0.2, 0.25) is 10.0 Å². The van der Waals surface area contributed by atoms with Crippen LogP contribution >= 0.6 is 24.0 Å². The van der Waals surface area contributed by atoms with Crippen LogP contribution in [0.2, 0.25) is 0 Å². The van der Waals surface area contributed by atoms with Crippen LogP contribution < -0.4 is 15.4 Å². The normalized spacial score (nSPS) is 11.8. The van der Waals surface area contributed by atoms with Gasteiger partial charge in [-0.15, -0.1) is 24.0 Å². The van der Waals surface area contributed by atoms with Gasteiger partial charge < -0.3 is 10.6 Å². The van der Waals surface area contributed by atoms with E-state index in [1.807, 2.05) is 13.0 Å². The number of halogens is 2. The second-order valence-electron chi connectivity index (χ2n) is 5.00. The molecule has 138 valence electrons. The predicted molar refractivity (Wildman–Crippen MR) is 107 cm³/mol. The maximum absolute atomic E-state index is 13.5. The number of guanidine groups is 1. The molecule has 9 heteroatoms. The van der Waals surface area contributed by atoms with Gasteiger partial charge in [-0.3, -0.25) is 0 Å². The smallest absolute Gasteiger partial charge is 0.211 e. The van der Waals surface area contributed by atoms with Crippen LogP contribution in [0, 0.1) is 12.7 Å². The Morgan fingerprint density at radius 2 is 1.92 bits per heavy atom. The van der Waals surface area contributed by atoms with Gasteiger partial charge in [0.05, 0.1) is 12.3 Å². The Morgan fingerprint density at radius 3 is 2.50 bits per heavy atom. The van der Waals surface area contributed by atoms with Gasteiger partial charge in [-0.1, -0.05) is 12.1 Å². The highest BCUT2D eigenvalue weighted by molar-refractivity contribution is 14.0. The first-order valence-electron chi connectivity index (χ1n) is 7.62.